The van der Waals surface area contributed by atoms with Crippen molar-refractivity contribution in [2.45, 2.75) is 52.6 Å². The van der Waals surface area contributed by atoms with E-state index in [9.17, 15) is 13.6 Å². The molecule has 0 bridgehead atoms. The van der Waals surface area contributed by atoms with E-state index in [2.05, 4.69) is 11.7 Å². The lowest BCUT2D eigenvalue weighted by Gasteiger charge is -2.20. The molecule has 2 rings (SSSR count). The number of carbonyl (C=O) groups excluding carboxylic acids is 1. The molecule has 0 aromatic carbocycles. The van der Waals surface area contributed by atoms with Crippen LogP contribution in [0.1, 0.15) is 53.6 Å². The molecule has 0 saturated carbocycles. The van der Waals surface area contributed by atoms with E-state index in [4.69, 9.17) is 0 Å². The summed E-state index contributed by atoms with van der Waals surface area (Å²) in [5, 5.41) is 0. The Labute approximate surface area is 134 Å². The maximum Gasteiger partial charge on any atom is 0.387 e. The van der Waals surface area contributed by atoms with Crippen LogP contribution in [0.3, 0.4) is 0 Å². The molecule has 1 aromatic rings. The quantitative estimate of drug-likeness (QED) is 0.782. The van der Waals surface area contributed by atoms with Crippen molar-refractivity contribution >= 4 is 17.2 Å². The van der Waals surface area contributed by atoms with Gasteiger partial charge in [0.1, 0.15) is 10.6 Å². The molecule has 1 aromatic heterocycles. The molecule has 1 aliphatic rings. The minimum Gasteiger partial charge on any atom is -0.433 e. The van der Waals surface area contributed by atoms with Crippen molar-refractivity contribution in [3.8, 4) is 5.75 Å². The molecule has 1 saturated heterocycles. The molecule has 0 spiro atoms. The van der Waals surface area contributed by atoms with E-state index < -0.39 is 6.61 Å². The number of alkyl halides is 2. The molecule has 22 heavy (non-hydrogen) atoms. The number of hydrogen-bond donors (Lipinski definition) is 0. The first kappa shape index (κ1) is 17.2. The number of rotatable bonds is 5. The average Bonchev–Trinajstić information content (AvgIpc) is 2.67. The topological polar surface area (TPSA) is 29.5 Å². The number of likely N-dealkylation sites (tertiary alicyclic amines) is 1. The van der Waals surface area contributed by atoms with Crippen LogP contribution in [-0.4, -0.2) is 30.5 Å². The summed E-state index contributed by atoms with van der Waals surface area (Å²) in [6.07, 6.45) is 5.47. The van der Waals surface area contributed by atoms with Gasteiger partial charge in [-0.05, 0) is 38.2 Å². The smallest absolute Gasteiger partial charge is 0.387 e. The van der Waals surface area contributed by atoms with Crippen LogP contribution in [0, 0.1) is 12.8 Å². The third kappa shape index (κ3) is 4.41. The first-order valence-electron chi connectivity index (χ1n) is 7.85. The number of carbonyl (C=O) groups is 1. The van der Waals surface area contributed by atoms with Gasteiger partial charge in [0.2, 0.25) is 0 Å². The number of hydrogen-bond acceptors (Lipinski definition) is 3. The molecule has 2 heterocycles. The molecular weight excluding hydrogens is 308 g/mol. The highest BCUT2D eigenvalue weighted by Gasteiger charge is 2.26. The largest absolute Gasteiger partial charge is 0.433 e. The molecule has 1 amide bonds. The zero-order chi connectivity index (χ0) is 16.1. The zero-order valence-electron chi connectivity index (χ0n) is 13.1. The van der Waals surface area contributed by atoms with Gasteiger partial charge in [-0.1, -0.05) is 19.8 Å². The van der Waals surface area contributed by atoms with Crippen molar-refractivity contribution in [2.75, 3.05) is 13.1 Å². The molecular formula is C16H23F2NO2S. The van der Waals surface area contributed by atoms with Gasteiger partial charge in [-0.15, -0.1) is 11.3 Å². The third-order valence-corrected chi connectivity index (χ3v) is 5.08. The zero-order valence-corrected chi connectivity index (χ0v) is 13.9. The molecule has 0 aliphatic carbocycles. The SMILES string of the molecule is CCC[C@@H]1CCCN(C(=O)c2sc(C)cc2OC(F)F)CC1. The van der Waals surface area contributed by atoms with Crippen molar-refractivity contribution in [1.82, 2.24) is 4.90 Å². The van der Waals surface area contributed by atoms with Gasteiger partial charge in [0, 0.05) is 18.0 Å². The molecule has 6 heteroatoms. The normalized spacial score (nSPS) is 19.3. The second-order valence-corrected chi connectivity index (χ2v) is 7.06. The standard InChI is InChI=1S/C16H23F2NO2S/c1-3-5-12-6-4-8-19(9-7-12)15(20)14-13(21-16(17)18)10-11(2)22-14/h10,12,16H,3-9H2,1-2H3/t12-/m1/s1. The molecule has 124 valence electrons. The minimum absolute atomic E-state index is 0.0110. The van der Waals surface area contributed by atoms with Gasteiger partial charge in [0.05, 0.1) is 0 Å². The summed E-state index contributed by atoms with van der Waals surface area (Å²) in [6, 6.07) is 1.52. The molecule has 3 nitrogen and oxygen atoms in total. The Bertz CT molecular complexity index is 504. The Balaban J connectivity index is 2.08. The number of halogens is 2. The van der Waals surface area contributed by atoms with Crippen LogP contribution in [0.25, 0.3) is 0 Å². The lowest BCUT2D eigenvalue weighted by atomic mass is 9.96. The number of amides is 1. The average molecular weight is 331 g/mol. The van der Waals surface area contributed by atoms with Gasteiger partial charge in [-0.3, -0.25) is 4.79 Å². The number of thiophene rings is 1. The second kappa shape index (κ2) is 7.90. The van der Waals surface area contributed by atoms with Gasteiger partial charge in [0.25, 0.3) is 5.91 Å². The number of nitrogens with zero attached hydrogens (tertiary/aromatic N) is 1. The van der Waals surface area contributed by atoms with Gasteiger partial charge in [0.15, 0.2) is 0 Å². The first-order valence-corrected chi connectivity index (χ1v) is 8.67. The molecule has 1 atom stereocenters. The monoisotopic (exact) mass is 331 g/mol. The number of ether oxygens (including phenoxy) is 1. The van der Waals surface area contributed by atoms with Crippen LogP contribution in [0.2, 0.25) is 0 Å². The van der Waals surface area contributed by atoms with Crippen molar-refractivity contribution in [1.29, 1.82) is 0 Å². The van der Waals surface area contributed by atoms with Crippen molar-refractivity contribution in [3.63, 3.8) is 0 Å². The molecule has 1 aliphatic heterocycles. The predicted molar refractivity (Wildman–Crippen MR) is 83.8 cm³/mol. The van der Waals surface area contributed by atoms with Crippen molar-refractivity contribution < 1.29 is 18.3 Å². The molecule has 0 unspecified atom stereocenters. The van der Waals surface area contributed by atoms with E-state index in [1.807, 2.05) is 0 Å². The van der Waals surface area contributed by atoms with Crippen LogP contribution >= 0.6 is 11.3 Å². The highest BCUT2D eigenvalue weighted by Crippen LogP contribution is 2.32. The molecule has 0 radical (unpaired) electrons. The van der Waals surface area contributed by atoms with Gasteiger partial charge >= 0.3 is 6.61 Å². The third-order valence-electron chi connectivity index (χ3n) is 4.06. The fraction of sp³-hybridized carbons (Fsp3) is 0.688. The van der Waals surface area contributed by atoms with Crippen LogP contribution in [0.15, 0.2) is 6.07 Å². The van der Waals surface area contributed by atoms with E-state index in [-0.39, 0.29) is 11.7 Å². The van der Waals surface area contributed by atoms with Gasteiger partial charge in [-0.25, -0.2) is 0 Å². The fourth-order valence-corrected chi connectivity index (χ4v) is 3.94. The highest BCUT2D eigenvalue weighted by atomic mass is 32.1. The summed E-state index contributed by atoms with van der Waals surface area (Å²) >= 11 is 1.23. The summed E-state index contributed by atoms with van der Waals surface area (Å²) in [4.78, 5) is 15.5. The maximum absolute atomic E-state index is 12.6. The van der Waals surface area contributed by atoms with Gasteiger partial charge < -0.3 is 9.64 Å². The summed E-state index contributed by atoms with van der Waals surface area (Å²) in [6.45, 7) is 2.47. The van der Waals surface area contributed by atoms with Gasteiger partial charge in [-0.2, -0.15) is 8.78 Å². The second-order valence-electron chi connectivity index (χ2n) is 5.81. The predicted octanol–water partition coefficient (Wildman–Crippen LogP) is 4.70. The Kier molecular flexibility index (Phi) is 6.17. The lowest BCUT2D eigenvalue weighted by molar-refractivity contribution is -0.0499. The Hall–Kier alpha value is -1.17. The van der Waals surface area contributed by atoms with Crippen LogP contribution in [0.4, 0.5) is 8.78 Å². The summed E-state index contributed by atoms with van der Waals surface area (Å²) in [7, 11) is 0. The van der Waals surface area contributed by atoms with E-state index in [0.717, 1.165) is 30.6 Å². The summed E-state index contributed by atoms with van der Waals surface area (Å²) in [5.74, 6) is 0.507. The lowest BCUT2D eigenvalue weighted by Crippen LogP contribution is -2.31. The Morgan fingerprint density at radius 1 is 1.45 bits per heavy atom. The minimum atomic E-state index is -2.90. The first-order chi connectivity index (χ1) is 10.5. The summed E-state index contributed by atoms with van der Waals surface area (Å²) in [5.41, 5.74) is 0. The maximum atomic E-state index is 12.6. The van der Waals surface area contributed by atoms with E-state index >= 15 is 0 Å². The van der Waals surface area contributed by atoms with E-state index in [1.165, 1.54) is 23.8 Å². The van der Waals surface area contributed by atoms with E-state index in [0.29, 0.717) is 23.9 Å². The van der Waals surface area contributed by atoms with Crippen LogP contribution in [-0.2, 0) is 0 Å². The van der Waals surface area contributed by atoms with E-state index in [1.54, 1.807) is 11.8 Å². The highest BCUT2D eigenvalue weighted by molar-refractivity contribution is 7.14. The van der Waals surface area contributed by atoms with Crippen molar-refractivity contribution in [2.24, 2.45) is 5.92 Å². The van der Waals surface area contributed by atoms with Crippen LogP contribution in [0.5, 0.6) is 5.75 Å². The van der Waals surface area contributed by atoms with Crippen molar-refractivity contribution in [3.05, 3.63) is 15.8 Å². The Morgan fingerprint density at radius 2 is 2.23 bits per heavy atom. The summed E-state index contributed by atoms with van der Waals surface area (Å²) < 4.78 is 29.4. The Morgan fingerprint density at radius 3 is 2.91 bits per heavy atom. The van der Waals surface area contributed by atoms with Crippen LogP contribution < -0.4 is 4.74 Å². The number of aryl methyl sites for hydroxylation is 1. The molecule has 0 N–H and O–H groups in total. The molecule has 1 fully saturated rings. The fourth-order valence-electron chi connectivity index (χ4n) is 3.03.